The molecule has 1 N–H and O–H groups in total. The van der Waals surface area contributed by atoms with Crippen molar-refractivity contribution in [3.63, 3.8) is 0 Å². The quantitative estimate of drug-likeness (QED) is 0.795. The van der Waals surface area contributed by atoms with Crippen LogP contribution in [0.1, 0.15) is 17.0 Å². The van der Waals surface area contributed by atoms with Crippen molar-refractivity contribution in [3.8, 4) is 17.5 Å². The first-order valence-electron chi connectivity index (χ1n) is 7.47. The van der Waals surface area contributed by atoms with Gasteiger partial charge in [0.15, 0.2) is 0 Å². The van der Waals surface area contributed by atoms with Crippen molar-refractivity contribution in [3.05, 3.63) is 71.6 Å². The summed E-state index contributed by atoms with van der Waals surface area (Å²) in [5.41, 5.74) is 2.76. The Kier molecular flexibility index (Phi) is 4.39. The molecule has 0 aliphatic heterocycles. The molecule has 1 aromatic heterocycles. The van der Waals surface area contributed by atoms with Gasteiger partial charge in [-0.25, -0.2) is 4.98 Å². The molecule has 0 spiro atoms. The maximum absolute atomic E-state index is 12.2. The van der Waals surface area contributed by atoms with Gasteiger partial charge in [-0.1, -0.05) is 18.2 Å². The molecule has 1 heterocycles. The zero-order valence-corrected chi connectivity index (χ0v) is 13.1. The molecular weight excluding hydrogens is 302 g/mol. The number of rotatable bonds is 4. The number of carbonyl (C=O) groups is 1. The zero-order valence-electron chi connectivity index (χ0n) is 13.1. The van der Waals surface area contributed by atoms with Crippen molar-refractivity contribution < 1.29 is 9.21 Å². The Bertz CT molecular complexity index is 891. The lowest BCUT2D eigenvalue weighted by molar-refractivity contribution is -0.115. The average molecular weight is 317 g/mol. The third kappa shape index (κ3) is 3.50. The van der Waals surface area contributed by atoms with Crippen LogP contribution < -0.4 is 5.32 Å². The summed E-state index contributed by atoms with van der Waals surface area (Å²) in [6.45, 7) is 1.82. The summed E-state index contributed by atoms with van der Waals surface area (Å²) in [5, 5.41) is 11.6. The van der Waals surface area contributed by atoms with Crippen molar-refractivity contribution in [1.29, 1.82) is 5.26 Å². The second-order valence-corrected chi connectivity index (χ2v) is 5.31. The summed E-state index contributed by atoms with van der Waals surface area (Å²) in [4.78, 5) is 16.6. The number of carbonyl (C=O) groups excluding carboxylic acids is 1. The predicted molar refractivity (Wildman–Crippen MR) is 90.2 cm³/mol. The highest BCUT2D eigenvalue weighted by atomic mass is 16.4. The van der Waals surface area contributed by atoms with Gasteiger partial charge in [0.2, 0.25) is 11.8 Å². The molecule has 5 nitrogen and oxygen atoms in total. The van der Waals surface area contributed by atoms with Crippen LogP contribution in [0.5, 0.6) is 0 Å². The van der Waals surface area contributed by atoms with Gasteiger partial charge in [-0.2, -0.15) is 5.26 Å². The Morgan fingerprint density at radius 2 is 1.88 bits per heavy atom. The predicted octanol–water partition coefficient (Wildman–Crippen LogP) is 3.70. The first-order valence-corrected chi connectivity index (χ1v) is 7.47. The topological polar surface area (TPSA) is 78.9 Å². The van der Waals surface area contributed by atoms with Crippen molar-refractivity contribution >= 4 is 11.6 Å². The summed E-state index contributed by atoms with van der Waals surface area (Å²) in [6, 6.07) is 18.3. The van der Waals surface area contributed by atoms with E-state index in [1.165, 1.54) is 0 Å². The SMILES string of the molecule is Cc1nc(-c2ccccc2)oc1CC(=O)Nc1ccc(C#N)cc1. The van der Waals surface area contributed by atoms with Gasteiger partial charge >= 0.3 is 0 Å². The van der Waals surface area contributed by atoms with Crippen LogP contribution in [-0.4, -0.2) is 10.9 Å². The van der Waals surface area contributed by atoms with Crippen LogP contribution in [0.3, 0.4) is 0 Å². The van der Waals surface area contributed by atoms with Gasteiger partial charge in [0, 0.05) is 11.3 Å². The molecule has 0 aliphatic rings. The smallest absolute Gasteiger partial charge is 0.232 e. The average Bonchev–Trinajstić information content (AvgIpc) is 2.97. The molecule has 24 heavy (non-hydrogen) atoms. The summed E-state index contributed by atoms with van der Waals surface area (Å²) in [5.74, 6) is 0.854. The summed E-state index contributed by atoms with van der Waals surface area (Å²) in [6.07, 6.45) is 0.103. The third-order valence-electron chi connectivity index (χ3n) is 3.53. The lowest BCUT2D eigenvalue weighted by atomic mass is 10.2. The minimum absolute atomic E-state index is 0.103. The number of aromatic nitrogens is 1. The number of hydrogen-bond donors (Lipinski definition) is 1. The highest BCUT2D eigenvalue weighted by Crippen LogP contribution is 2.22. The number of nitrogens with one attached hydrogen (secondary N) is 1. The van der Waals surface area contributed by atoms with E-state index >= 15 is 0 Å². The van der Waals surface area contributed by atoms with E-state index < -0.39 is 0 Å². The van der Waals surface area contributed by atoms with Crippen LogP contribution in [0.2, 0.25) is 0 Å². The minimum Gasteiger partial charge on any atom is -0.440 e. The van der Waals surface area contributed by atoms with Crippen LogP contribution in [0.25, 0.3) is 11.5 Å². The van der Waals surface area contributed by atoms with E-state index in [2.05, 4.69) is 10.3 Å². The number of anilines is 1. The number of amides is 1. The first kappa shape index (κ1) is 15.5. The molecule has 0 aliphatic carbocycles. The van der Waals surface area contributed by atoms with Gasteiger partial charge in [0.1, 0.15) is 5.76 Å². The molecular formula is C19H15N3O2. The van der Waals surface area contributed by atoms with E-state index in [1.54, 1.807) is 24.3 Å². The maximum Gasteiger partial charge on any atom is 0.232 e. The van der Waals surface area contributed by atoms with Crippen LogP contribution in [0.15, 0.2) is 59.0 Å². The van der Waals surface area contributed by atoms with Crippen LogP contribution in [0, 0.1) is 18.3 Å². The lowest BCUT2D eigenvalue weighted by Gasteiger charge is -2.04. The summed E-state index contributed by atoms with van der Waals surface area (Å²) < 4.78 is 5.73. The number of nitriles is 1. The lowest BCUT2D eigenvalue weighted by Crippen LogP contribution is -2.14. The normalized spacial score (nSPS) is 10.2. The van der Waals surface area contributed by atoms with Crippen LogP contribution in [-0.2, 0) is 11.2 Å². The minimum atomic E-state index is -0.196. The fourth-order valence-electron chi connectivity index (χ4n) is 2.28. The molecule has 1 amide bonds. The standard InChI is InChI=1S/C19H15N3O2/c1-13-17(24-19(21-13)15-5-3-2-4-6-15)11-18(23)22-16-9-7-14(12-20)8-10-16/h2-10H,11H2,1H3,(H,22,23). The number of aryl methyl sites for hydroxylation is 1. The number of hydrogen-bond acceptors (Lipinski definition) is 4. The van der Waals surface area contributed by atoms with Crippen LogP contribution in [0.4, 0.5) is 5.69 Å². The van der Waals surface area contributed by atoms with Gasteiger partial charge in [-0.05, 0) is 43.3 Å². The van der Waals surface area contributed by atoms with Crippen molar-refractivity contribution in [2.75, 3.05) is 5.32 Å². The van der Waals surface area contributed by atoms with E-state index in [0.29, 0.717) is 28.6 Å². The molecule has 3 aromatic rings. The highest BCUT2D eigenvalue weighted by Gasteiger charge is 2.14. The number of nitrogens with zero attached hydrogens (tertiary/aromatic N) is 2. The second kappa shape index (κ2) is 6.80. The Balaban J connectivity index is 1.70. The molecule has 0 atom stereocenters. The Morgan fingerprint density at radius 3 is 2.54 bits per heavy atom. The molecule has 0 saturated carbocycles. The van der Waals surface area contributed by atoms with Gasteiger partial charge < -0.3 is 9.73 Å². The van der Waals surface area contributed by atoms with E-state index in [9.17, 15) is 4.79 Å². The molecule has 0 bridgehead atoms. The fourth-order valence-corrected chi connectivity index (χ4v) is 2.28. The number of benzene rings is 2. The second-order valence-electron chi connectivity index (χ2n) is 5.31. The monoisotopic (exact) mass is 317 g/mol. The van der Waals surface area contributed by atoms with Crippen molar-refractivity contribution in [1.82, 2.24) is 4.98 Å². The zero-order chi connectivity index (χ0) is 16.9. The van der Waals surface area contributed by atoms with E-state index in [1.807, 2.05) is 43.3 Å². The number of oxazole rings is 1. The summed E-state index contributed by atoms with van der Waals surface area (Å²) in [7, 11) is 0. The van der Waals surface area contributed by atoms with Crippen LogP contribution >= 0.6 is 0 Å². The summed E-state index contributed by atoms with van der Waals surface area (Å²) >= 11 is 0. The molecule has 5 heteroatoms. The highest BCUT2D eigenvalue weighted by molar-refractivity contribution is 5.92. The van der Waals surface area contributed by atoms with Gasteiger partial charge in [0.05, 0.1) is 23.7 Å². The van der Waals surface area contributed by atoms with Crippen molar-refractivity contribution in [2.45, 2.75) is 13.3 Å². The molecule has 0 unspecified atom stereocenters. The molecule has 3 rings (SSSR count). The van der Waals surface area contributed by atoms with E-state index in [-0.39, 0.29) is 12.3 Å². The molecule has 0 saturated heterocycles. The van der Waals surface area contributed by atoms with E-state index in [4.69, 9.17) is 9.68 Å². The largest absolute Gasteiger partial charge is 0.440 e. The Labute approximate surface area is 139 Å². The van der Waals surface area contributed by atoms with Gasteiger partial charge in [-0.15, -0.1) is 0 Å². The Morgan fingerprint density at radius 1 is 1.17 bits per heavy atom. The molecule has 0 radical (unpaired) electrons. The molecule has 118 valence electrons. The Hall–Kier alpha value is -3.39. The van der Waals surface area contributed by atoms with Gasteiger partial charge in [-0.3, -0.25) is 4.79 Å². The maximum atomic E-state index is 12.2. The first-order chi connectivity index (χ1) is 11.7. The van der Waals surface area contributed by atoms with Gasteiger partial charge in [0.25, 0.3) is 0 Å². The van der Waals surface area contributed by atoms with E-state index in [0.717, 1.165) is 5.56 Å². The fraction of sp³-hybridized carbons (Fsp3) is 0.105. The molecule has 2 aromatic carbocycles. The van der Waals surface area contributed by atoms with Crippen molar-refractivity contribution in [2.24, 2.45) is 0 Å². The third-order valence-corrected chi connectivity index (χ3v) is 3.53. The molecule has 0 fully saturated rings.